The number of hydrogen-bond donors (Lipinski definition) is 1. The third-order valence-corrected chi connectivity index (χ3v) is 6.72. The molecule has 3 rings (SSSR count). The van der Waals surface area contributed by atoms with Gasteiger partial charge in [-0.25, -0.2) is 12.8 Å². The van der Waals surface area contributed by atoms with Crippen LogP contribution in [-0.2, 0) is 21.2 Å². The summed E-state index contributed by atoms with van der Waals surface area (Å²) in [5, 5.41) is 3.00. The van der Waals surface area contributed by atoms with Crippen LogP contribution in [0.15, 0.2) is 34.7 Å². The molecule has 0 fully saturated rings. The minimum Gasteiger partial charge on any atom is -0.437 e. The first-order chi connectivity index (χ1) is 16.5. The first kappa shape index (κ1) is 26.1. The smallest absolute Gasteiger partial charge is 0.255 e. The van der Waals surface area contributed by atoms with E-state index >= 15 is 0 Å². The van der Waals surface area contributed by atoms with Gasteiger partial charge in [0.15, 0.2) is 0 Å². The summed E-state index contributed by atoms with van der Waals surface area (Å²) in [5.74, 6) is -0.572. The number of pyridine rings is 1. The molecule has 0 saturated carbocycles. The standard InChI is InChI=1S/C24H29FN4O5S/c1-6-15-14-18-20(23(31)26-2)21(16-9-11-17(25)12-10-16)34-24(18)27-22(15)29(35(5,32)33)13-7-8-19(30)28(3)4/h9-12,14H,6-8,13H2,1-5H3,(H,26,31). The van der Waals surface area contributed by atoms with Gasteiger partial charge in [0.25, 0.3) is 5.91 Å². The average molecular weight is 505 g/mol. The molecule has 1 aromatic carbocycles. The van der Waals surface area contributed by atoms with E-state index in [-0.39, 0.29) is 41.7 Å². The number of nitrogens with zero attached hydrogens (tertiary/aromatic N) is 3. The predicted molar refractivity (Wildman–Crippen MR) is 132 cm³/mol. The summed E-state index contributed by atoms with van der Waals surface area (Å²) in [6.45, 7) is 1.90. The minimum atomic E-state index is -3.74. The Morgan fingerprint density at radius 3 is 2.37 bits per heavy atom. The zero-order valence-electron chi connectivity index (χ0n) is 20.4. The Morgan fingerprint density at radius 1 is 1.17 bits per heavy atom. The Morgan fingerprint density at radius 2 is 1.83 bits per heavy atom. The van der Waals surface area contributed by atoms with Crippen molar-refractivity contribution in [2.24, 2.45) is 0 Å². The molecular formula is C24H29FN4O5S. The lowest BCUT2D eigenvalue weighted by atomic mass is 10.0. The van der Waals surface area contributed by atoms with Gasteiger partial charge in [-0.3, -0.25) is 13.9 Å². The van der Waals surface area contributed by atoms with E-state index in [9.17, 15) is 22.4 Å². The van der Waals surface area contributed by atoms with Crippen LogP contribution in [0.25, 0.3) is 22.4 Å². The normalized spacial score (nSPS) is 11.5. The van der Waals surface area contributed by atoms with Crippen molar-refractivity contribution >= 4 is 38.8 Å². The quantitative estimate of drug-likeness (QED) is 0.479. The van der Waals surface area contributed by atoms with Crippen molar-refractivity contribution in [3.05, 3.63) is 47.3 Å². The Bertz CT molecular complexity index is 1350. The first-order valence-corrected chi connectivity index (χ1v) is 12.9. The van der Waals surface area contributed by atoms with Gasteiger partial charge in [-0.1, -0.05) is 6.92 Å². The highest BCUT2D eigenvalue weighted by Gasteiger charge is 2.27. The molecule has 2 heterocycles. The summed E-state index contributed by atoms with van der Waals surface area (Å²) >= 11 is 0. The Balaban J connectivity index is 2.16. The number of halogens is 1. The fraction of sp³-hybridized carbons (Fsp3) is 0.375. The Labute approximate surface area is 204 Å². The monoisotopic (exact) mass is 504 g/mol. The van der Waals surface area contributed by atoms with E-state index in [1.165, 1.54) is 36.2 Å². The number of anilines is 1. The van der Waals surface area contributed by atoms with Crippen LogP contribution in [0.5, 0.6) is 0 Å². The lowest BCUT2D eigenvalue weighted by Crippen LogP contribution is -2.33. The number of aryl methyl sites for hydroxylation is 1. The van der Waals surface area contributed by atoms with Gasteiger partial charge >= 0.3 is 0 Å². The topological polar surface area (TPSA) is 113 Å². The molecule has 188 valence electrons. The number of nitrogens with one attached hydrogen (secondary N) is 1. The lowest BCUT2D eigenvalue weighted by molar-refractivity contribution is -0.128. The SMILES string of the molecule is CCc1cc2c(C(=O)NC)c(-c3ccc(F)cc3)oc2nc1N(CCCC(=O)N(C)C)S(C)(=O)=O. The second-order valence-corrected chi connectivity index (χ2v) is 10.2. The van der Waals surface area contributed by atoms with Crippen LogP contribution in [0.4, 0.5) is 10.2 Å². The van der Waals surface area contributed by atoms with Crippen molar-refractivity contribution in [1.29, 1.82) is 0 Å². The molecule has 2 amide bonds. The van der Waals surface area contributed by atoms with Crippen molar-refractivity contribution in [2.75, 3.05) is 38.2 Å². The highest BCUT2D eigenvalue weighted by atomic mass is 32.2. The van der Waals surface area contributed by atoms with Gasteiger partial charge in [0, 0.05) is 39.7 Å². The van der Waals surface area contributed by atoms with Gasteiger partial charge in [0.05, 0.1) is 17.2 Å². The molecular weight excluding hydrogens is 475 g/mol. The van der Waals surface area contributed by atoms with E-state index < -0.39 is 21.7 Å². The van der Waals surface area contributed by atoms with Gasteiger partial charge in [-0.05, 0) is 48.7 Å². The number of amides is 2. The predicted octanol–water partition coefficient (Wildman–Crippen LogP) is 3.19. The molecule has 0 saturated heterocycles. The number of hydrogen-bond acceptors (Lipinski definition) is 6. The molecule has 0 aliphatic heterocycles. The number of rotatable bonds is 9. The molecule has 11 heteroatoms. The molecule has 0 bridgehead atoms. The van der Waals surface area contributed by atoms with E-state index in [2.05, 4.69) is 10.3 Å². The molecule has 9 nitrogen and oxygen atoms in total. The van der Waals surface area contributed by atoms with Gasteiger partial charge < -0.3 is 14.6 Å². The molecule has 0 aliphatic carbocycles. The molecule has 0 aliphatic rings. The number of furan rings is 1. The molecule has 0 spiro atoms. The number of aromatic nitrogens is 1. The van der Waals surface area contributed by atoms with E-state index in [4.69, 9.17) is 4.42 Å². The van der Waals surface area contributed by atoms with Crippen LogP contribution < -0.4 is 9.62 Å². The van der Waals surface area contributed by atoms with Crippen LogP contribution in [-0.4, -0.2) is 64.1 Å². The Hall–Kier alpha value is -3.47. The molecule has 1 N–H and O–H groups in total. The van der Waals surface area contributed by atoms with Gasteiger partial charge in [0.1, 0.15) is 17.4 Å². The second kappa shape index (κ2) is 10.4. The summed E-state index contributed by atoms with van der Waals surface area (Å²) in [7, 11) is 1.03. The highest BCUT2D eigenvalue weighted by Crippen LogP contribution is 2.36. The van der Waals surface area contributed by atoms with Crippen molar-refractivity contribution in [2.45, 2.75) is 26.2 Å². The highest BCUT2D eigenvalue weighted by molar-refractivity contribution is 7.92. The molecule has 0 unspecified atom stereocenters. The summed E-state index contributed by atoms with van der Waals surface area (Å²) in [6.07, 6.45) is 1.99. The molecule has 2 aromatic heterocycles. The fourth-order valence-electron chi connectivity index (χ4n) is 3.71. The maximum absolute atomic E-state index is 13.5. The number of carbonyl (C=O) groups is 2. The zero-order valence-corrected chi connectivity index (χ0v) is 21.2. The molecule has 0 radical (unpaired) electrons. The van der Waals surface area contributed by atoms with Crippen LogP contribution in [0, 0.1) is 5.82 Å². The van der Waals surface area contributed by atoms with E-state index in [0.717, 1.165) is 10.6 Å². The zero-order chi connectivity index (χ0) is 25.9. The second-order valence-electron chi connectivity index (χ2n) is 8.30. The first-order valence-electron chi connectivity index (χ1n) is 11.1. The maximum Gasteiger partial charge on any atom is 0.255 e. The summed E-state index contributed by atoms with van der Waals surface area (Å²) in [4.78, 5) is 30.7. The third-order valence-electron chi connectivity index (χ3n) is 5.57. The van der Waals surface area contributed by atoms with Crippen LogP contribution >= 0.6 is 0 Å². The van der Waals surface area contributed by atoms with E-state index in [1.54, 1.807) is 20.2 Å². The maximum atomic E-state index is 13.5. The van der Waals surface area contributed by atoms with E-state index in [1.807, 2.05) is 6.92 Å². The number of fused-ring (bicyclic) bond motifs is 1. The largest absolute Gasteiger partial charge is 0.437 e. The van der Waals surface area contributed by atoms with Gasteiger partial charge in [-0.15, -0.1) is 0 Å². The van der Waals surface area contributed by atoms with Crippen molar-refractivity contribution < 1.29 is 26.8 Å². The fourth-order valence-corrected chi connectivity index (χ4v) is 4.65. The molecule has 35 heavy (non-hydrogen) atoms. The van der Waals surface area contributed by atoms with Crippen molar-refractivity contribution in [1.82, 2.24) is 15.2 Å². The number of benzene rings is 1. The van der Waals surface area contributed by atoms with Gasteiger partial charge in [-0.2, -0.15) is 4.98 Å². The molecule has 0 atom stereocenters. The van der Waals surface area contributed by atoms with Crippen molar-refractivity contribution in [3.8, 4) is 11.3 Å². The minimum absolute atomic E-state index is 0.0533. The number of sulfonamides is 1. The van der Waals surface area contributed by atoms with Crippen molar-refractivity contribution in [3.63, 3.8) is 0 Å². The summed E-state index contributed by atoms with van der Waals surface area (Å²) < 4.78 is 46.0. The summed E-state index contributed by atoms with van der Waals surface area (Å²) in [6, 6.07) is 7.19. The number of carbonyl (C=O) groups excluding carboxylic acids is 2. The average Bonchev–Trinajstić information content (AvgIpc) is 3.18. The van der Waals surface area contributed by atoms with Crippen LogP contribution in [0.1, 0.15) is 35.7 Å². The van der Waals surface area contributed by atoms with Gasteiger partial charge in [0.2, 0.25) is 21.6 Å². The summed E-state index contributed by atoms with van der Waals surface area (Å²) in [5.41, 5.74) is 1.38. The molecule has 3 aromatic rings. The third kappa shape index (κ3) is 5.61. The van der Waals surface area contributed by atoms with E-state index in [0.29, 0.717) is 29.4 Å². The van der Waals surface area contributed by atoms with Crippen LogP contribution in [0.3, 0.4) is 0 Å². The van der Waals surface area contributed by atoms with Crippen LogP contribution in [0.2, 0.25) is 0 Å². The Kier molecular flexibility index (Phi) is 7.79. The lowest BCUT2D eigenvalue weighted by Gasteiger charge is -2.23.